The molecule has 0 saturated carbocycles. The highest BCUT2D eigenvalue weighted by molar-refractivity contribution is 6.12. The van der Waals surface area contributed by atoms with Crippen LogP contribution in [-0.2, 0) is 0 Å². The number of furan rings is 1. The molecule has 0 amide bonds. The first kappa shape index (κ1) is 27.0. The number of fused-ring (bicyclic) bond motifs is 3. The Morgan fingerprint density at radius 1 is 0.614 bits per heavy atom. The van der Waals surface area contributed by atoms with E-state index in [1.165, 1.54) is 5.56 Å². The first-order valence-electron chi connectivity index (χ1n) is 14.7. The lowest BCUT2D eigenvalue weighted by Gasteiger charge is -2.09. The molecule has 0 unspecified atom stereocenters. The first-order valence-corrected chi connectivity index (χ1v) is 14.7. The molecule has 0 aliphatic heterocycles. The second-order valence-corrected chi connectivity index (χ2v) is 10.4. The van der Waals surface area contributed by atoms with E-state index in [9.17, 15) is 0 Å². The molecule has 2 aromatic heterocycles. The van der Waals surface area contributed by atoms with Crippen LogP contribution in [0.5, 0.6) is 0 Å². The fraction of sp³-hybridized carbons (Fsp3) is 0.0250. The lowest BCUT2D eigenvalue weighted by molar-refractivity contribution is 0.669. The van der Waals surface area contributed by atoms with Crippen LogP contribution in [0.25, 0.3) is 67.8 Å². The highest BCUT2D eigenvalue weighted by atomic mass is 16.3. The van der Waals surface area contributed by atoms with Gasteiger partial charge in [-0.25, -0.2) is 15.0 Å². The van der Waals surface area contributed by atoms with E-state index in [0.29, 0.717) is 17.5 Å². The largest absolute Gasteiger partial charge is 0.456 e. The Kier molecular flexibility index (Phi) is 7.46. The van der Waals surface area contributed by atoms with Crippen molar-refractivity contribution in [1.82, 2.24) is 15.0 Å². The second kappa shape index (κ2) is 12.2. The fourth-order valence-corrected chi connectivity index (χ4v) is 5.38. The van der Waals surface area contributed by atoms with Crippen LogP contribution < -0.4 is 0 Å². The van der Waals surface area contributed by atoms with Gasteiger partial charge in [0.15, 0.2) is 17.5 Å². The maximum atomic E-state index is 6.39. The molecule has 0 aliphatic rings. The molecule has 7 aromatic rings. The maximum Gasteiger partial charge on any atom is 0.164 e. The highest BCUT2D eigenvalue weighted by Gasteiger charge is 2.17. The molecular formula is C40H29N3O. The van der Waals surface area contributed by atoms with Crippen molar-refractivity contribution in [3.05, 3.63) is 163 Å². The fourth-order valence-electron chi connectivity index (χ4n) is 5.38. The zero-order valence-electron chi connectivity index (χ0n) is 24.3. The van der Waals surface area contributed by atoms with Crippen molar-refractivity contribution in [3.8, 4) is 34.2 Å². The van der Waals surface area contributed by atoms with Gasteiger partial charge in [0.2, 0.25) is 0 Å². The highest BCUT2D eigenvalue weighted by Crippen LogP contribution is 2.37. The van der Waals surface area contributed by atoms with Crippen molar-refractivity contribution < 1.29 is 4.42 Å². The molecule has 7 rings (SSSR count). The molecule has 0 aliphatic carbocycles. The van der Waals surface area contributed by atoms with Crippen molar-refractivity contribution >= 4 is 33.6 Å². The number of hydrogen-bond donors (Lipinski definition) is 0. The minimum Gasteiger partial charge on any atom is -0.456 e. The predicted octanol–water partition coefficient (Wildman–Crippen LogP) is 10.4. The second-order valence-electron chi connectivity index (χ2n) is 10.4. The number of allylic oxidation sites excluding steroid dienone is 5. The van der Waals surface area contributed by atoms with Gasteiger partial charge < -0.3 is 4.42 Å². The van der Waals surface area contributed by atoms with E-state index in [4.69, 9.17) is 19.4 Å². The quantitative estimate of drug-likeness (QED) is 0.180. The molecule has 4 heteroatoms. The summed E-state index contributed by atoms with van der Waals surface area (Å²) in [5.41, 5.74) is 7.78. The molecule has 210 valence electrons. The minimum atomic E-state index is 0.609. The van der Waals surface area contributed by atoms with Crippen LogP contribution in [0, 0.1) is 0 Å². The number of nitrogens with zero attached hydrogens (tertiary/aromatic N) is 3. The standard InChI is InChI=1S/C40H29N3O/c1-2-14-29(30-16-6-3-7-17-30)22-12-15-28-25-26-33-36(27-28)44-35-24-13-23-34(37(33)35)40-42-38(31-18-8-4-9-19-31)41-39(43-40)32-20-10-5-11-21-32/h2-27H,1H3/b14-2-,15-12+,29-22+. The Morgan fingerprint density at radius 2 is 1.25 bits per heavy atom. The molecule has 0 fully saturated rings. The maximum absolute atomic E-state index is 6.39. The first-order chi connectivity index (χ1) is 21.8. The van der Waals surface area contributed by atoms with Crippen LogP contribution in [-0.4, -0.2) is 15.0 Å². The SMILES string of the molecule is C\C=C/C(=C\C=C\c1ccc2c(c1)oc1cccc(-c3nc(-c4ccccc4)nc(-c4ccccc4)n3)c12)c1ccccc1. The molecular weight excluding hydrogens is 538 g/mol. The molecule has 0 N–H and O–H groups in total. The van der Waals surface area contributed by atoms with Gasteiger partial charge >= 0.3 is 0 Å². The third kappa shape index (κ3) is 5.49. The Hall–Kier alpha value is -5.87. The van der Waals surface area contributed by atoms with E-state index in [0.717, 1.165) is 49.8 Å². The summed E-state index contributed by atoms with van der Waals surface area (Å²) in [6.45, 7) is 2.03. The van der Waals surface area contributed by atoms with Gasteiger partial charge in [-0.1, -0.05) is 140 Å². The van der Waals surface area contributed by atoms with Gasteiger partial charge in [-0.15, -0.1) is 0 Å². The zero-order valence-corrected chi connectivity index (χ0v) is 24.3. The zero-order chi connectivity index (χ0) is 29.7. The van der Waals surface area contributed by atoms with Gasteiger partial charge in [-0.05, 0) is 41.8 Å². The van der Waals surface area contributed by atoms with Crippen molar-refractivity contribution in [2.45, 2.75) is 6.92 Å². The van der Waals surface area contributed by atoms with Gasteiger partial charge in [0.25, 0.3) is 0 Å². The van der Waals surface area contributed by atoms with E-state index in [1.807, 2.05) is 85.8 Å². The van der Waals surface area contributed by atoms with Gasteiger partial charge in [0, 0.05) is 27.5 Å². The average Bonchev–Trinajstić information content (AvgIpc) is 3.47. The molecule has 0 bridgehead atoms. The Bertz CT molecular complexity index is 2100. The van der Waals surface area contributed by atoms with Crippen LogP contribution in [0.1, 0.15) is 18.1 Å². The number of aromatic nitrogens is 3. The Labute approximate surface area is 256 Å². The summed E-state index contributed by atoms with van der Waals surface area (Å²) in [4.78, 5) is 14.8. The monoisotopic (exact) mass is 567 g/mol. The minimum absolute atomic E-state index is 0.609. The normalized spacial score (nSPS) is 12.2. The third-order valence-corrected chi connectivity index (χ3v) is 7.48. The molecule has 44 heavy (non-hydrogen) atoms. The molecule has 0 radical (unpaired) electrons. The molecule has 4 nitrogen and oxygen atoms in total. The van der Waals surface area contributed by atoms with Crippen molar-refractivity contribution in [2.75, 3.05) is 0 Å². The van der Waals surface area contributed by atoms with Crippen molar-refractivity contribution in [3.63, 3.8) is 0 Å². The van der Waals surface area contributed by atoms with Crippen LogP contribution in [0.4, 0.5) is 0 Å². The van der Waals surface area contributed by atoms with E-state index >= 15 is 0 Å². The average molecular weight is 568 g/mol. The Balaban J connectivity index is 1.31. The Morgan fingerprint density at radius 3 is 1.91 bits per heavy atom. The van der Waals surface area contributed by atoms with Crippen molar-refractivity contribution in [1.29, 1.82) is 0 Å². The van der Waals surface area contributed by atoms with E-state index in [1.54, 1.807) is 0 Å². The number of benzene rings is 5. The summed E-state index contributed by atoms with van der Waals surface area (Å²) in [7, 11) is 0. The van der Waals surface area contributed by atoms with Gasteiger partial charge in [-0.3, -0.25) is 0 Å². The number of rotatable bonds is 7. The smallest absolute Gasteiger partial charge is 0.164 e. The molecule has 2 heterocycles. The summed E-state index contributed by atoms with van der Waals surface area (Å²) in [5.74, 6) is 1.87. The molecule has 5 aromatic carbocycles. The van der Waals surface area contributed by atoms with E-state index in [-0.39, 0.29) is 0 Å². The molecule has 0 atom stereocenters. The van der Waals surface area contributed by atoms with Crippen LogP contribution in [0.15, 0.2) is 156 Å². The summed E-state index contributed by atoms with van der Waals surface area (Å²) < 4.78 is 6.39. The van der Waals surface area contributed by atoms with Crippen molar-refractivity contribution in [2.24, 2.45) is 0 Å². The topological polar surface area (TPSA) is 51.8 Å². The molecule has 0 spiro atoms. The summed E-state index contributed by atoms with van der Waals surface area (Å²) >= 11 is 0. The van der Waals surface area contributed by atoms with Crippen LogP contribution >= 0.6 is 0 Å². The molecule has 0 saturated heterocycles. The third-order valence-electron chi connectivity index (χ3n) is 7.48. The number of hydrogen-bond acceptors (Lipinski definition) is 4. The summed E-state index contributed by atoms with van der Waals surface area (Å²) in [5, 5.41) is 2.01. The van der Waals surface area contributed by atoms with E-state index < -0.39 is 0 Å². The van der Waals surface area contributed by atoms with Crippen LogP contribution in [0.2, 0.25) is 0 Å². The van der Waals surface area contributed by atoms with Crippen LogP contribution in [0.3, 0.4) is 0 Å². The van der Waals surface area contributed by atoms with Gasteiger partial charge in [0.1, 0.15) is 11.2 Å². The lowest BCUT2D eigenvalue weighted by atomic mass is 10.0. The summed E-state index contributed by atoms with van der Waals surface area (Å²) in [6, 6.07) is 42.8. The summed E-state index contributed by atoms with van der Waals surface area (Å²) in [6.07, 6.45) is 10.5. The van der Waals surface area contributed by atoms with Gasteiger partial charge in [-0.2, -0.15) is 0 Å². The van der Waals surface area contributed by atoms with E-state index in [2.05, 4.69) is 78.9 Å². The predicted molar refractivity (Wildman–Crippen MR) is 182 cm³/mol. The van der Waals surface area contributed by atoms with Gasteiger partial charge in [0.05, 0.1) is 0 Å². The lowest BCUT2D eigenvalue weighted by Crippen LogP contribution is -2.00.